The number of nitrogens with one attached hydrogen (secondary N) is 1. The molecule has 1 amide bonds. The van der Waals surface area contributed by atoms with Crippen molar-refractivity contribution in [3.05, 3.63) is 21.3 Å². The summed E-state index contributed by atoms with van der Waals surface area (Å²) < 4.78 is 0.517. The van der Waals surface area contributed by atoms with E-state index in [4.69, 9.17) is 16.7 Å². The first kappa shape index (κ1) is 11.4. The summed E-state index contributed by atoms with van der Waals surface area (Å²) in [5, 5.41) is 11.5. The molecule has 4 nitrogen and oxygen atoms in total. The van der Waals surface area contributed by atoms with Gasteiger partial charge in [0.05, 0.1) is 9.21 Å². The van der Waals surface area contributed by atoms with Crippen molar-refractivity contribution in [1.82, 2.24) is 5.32 Å². The number of hydrogen-bond acceptors (Lipinski definition) is 3. The van der Waals surface area contributed by atoms with Crippen molar-refractivity contribution in [3.8, 4) is 0 Å². The Kier molecular flexibility index (Phi) is 3.16. The second kappa shape index (κ2) is 4.43. The van der Waals surface area contributed by atoms with Gasteiger partial charge < -0.3 is 10.4 Å². The minimum absolute atomic E-state index is 0.0804. The van der Waals surface area contributed by atoms with Crippen LogP contribution >= 0.6 is 22.9 Å². The van der Waals surface area contributed by atoms with Gasteiger partial charge >= 0.3 is 5.97 Å². The van der Waals surface area contributed by atoms with Crippen LogP contribution < -0.4 is 5.32 Å². The average molecular weight is 260 g/mol. The molecule has 1 unspecified atom stereocenters. The van der Waals surface area contributed by atoms with Crippen molar-refractivity contribution in [2.45, 2.75) is 18.9 Å². The number of carbonyl (C=O) groups excluding carboxylic acids is 1. The van der Waals surface area contributed by atoms with Gasteiger partial charge in [-0.3, -0.25) is 4.79 Å². The van der Waals surface area contributed by atoms with Gasteiger partial charge in [-0.25, -0.2) is 4.79 Å². The third-order valence-electron chi connectivity index (χ3n) is 2.44. The number of thiophene rings is 1. The molecular formula is C10H10ClNO3S. The number of carboxylic acid groups (broad SMARTS) is 1. The van der Waals surface area contributed by atoms with Gasteiger partial charge in [0.2, 0.25) is 0 Å². The topological polar surface area (TPSA) is 66.4 Å². The van der Waals surface area contributed by atoms with E-state index in [9.17, 15) is 9.59 Å². The maximum absolute atomic E-state index is 11.7. The predicted octanol–water partition coefficient (Wildman–Crippen LogP) is 1.99. The lowest BCUT2D eigenvalue weighted by atomic mass is 10.2. The molecule has 0 radical (unpaired) electrons. The number of halogens is 1. The maximum Gasteiger partial charge on any atom is 0.326 e. The van der Waals surface area contributed by atoms with Gasteiger partial charge in [-0.1, -0.05) is 11.6 Å². The van der Waals surface area contributed by atoms with Crippen molar-refractivity contribution in [3.63, 3.8) is 0 Å². The molecule has 1 aromatic heterocycles. The molecule has 0 aromatic carbocycles. The molecule has 1 fully saturated rings. The van der Waals surface area contributed by atoms with E-state index in [1.54, 1.807) is 12.1 Å². The van der Waals surface area contributed by atoms with Crippen LogP contribution in [0.25, 0.3) is 0 Å². The van der Waals surface area contributed by atoms with Crippen molar-refractivity contribution in [2.24, 2.45) is 5.92 Å². The fraction of sp³-hybridized carbons (Fsp3) is 0.400. The number of hydrogen-bond donors (Lipinski definition) is 2. The van der Waals surface area contributed by atoms with Crippen LogP contribution in [0.1, 0.15) is 22.5 Å². The fourth-order valence-electron chi connectivity index (χ4n) is 1.46. The number of aliphatic carboxylic acids is 1. The molecule has 1 aliphatic rings. The SMILES string of the molecule is O=C(NC(C(=O)O)C1CC1)c1ccc(Cl)s1. The van der Waals surface area contributed by atoms with Crippen LogP contribution in [0.3, 0.4) is 0 Å². The monoisotopic (exact) mass is 259 g/mol. The van der Waals surface area contributed by atoms with Crippen LogP contribution in [0.5, 0.6) is 0 Å². The Bertz CT molecular complexity index is 427. The third-order valence-corrected chi connectivity index (χ3v) is 3.67. The number of carbonyl (C=O) groups is 2. The van der Waals surface area contributed by atoms with Crippen molar-refractivity contribution < 1.29 is 14.7 Å². The van der Waals surface area contributed by atoms with Crippen LogP contribution in [0, 0.1) is 5.92 Å². The van der Waals surface area contributed by atoms with Gasteiger partial charge in [-0.2, -0.15) is 0 Å². The van der Waals surface area contributed by atoms with Crippen molar-refractivity contribution in [1.29, 1.82) is 0 Å². The summed E-state index contributed by atoms with van der Waals surface area (Å²) in [6, 6.07) is 2.44. The zero-order valence-electron chi connectivity index (χ0n) is 8.27. The highest BCUT2D eigenvalue weighted by molar-refractivity contribution is 7.18. The summed E-state index contributed by atoms with van der Waals surface area (Å²) in [6.07, 6.45) is 1.73. The number of rotatable bonds is 4. The molecule has 2 N–H and O–H groups in total. The Morgan fingerprint density at radius 3 is 2.62 bits per heavy atom. The maximum atomic E-state index is 11.7. The Balaban J connectivity index is 2.02. The molecule has 0 aliphatic heterocycles. The molecule has 1 atom stereocenters. The second-order valence-corrected chi connectivity index (χ2v) is 5.45. The summed E-state index contributed by atoms with van der Waals surface area (Å²) in [5.41, 5.74) is 0. The van der Waals surface area contributed by atoms with Gasteiger partial charge in [-0.15, -0.1) is 11.3 Å². The summed E-state index contributed by atoms with van der Waals surface area (Å²) >= 11 is 6.84. The smallest absolute Gasteiger partial charge is 0.326 e. The molecule has 0 saturated heterocycles. The Morgan fingerprint density at radius 1 is 1.50 bits per heavy atom. The van der Waals surface area contributed by atoms with E-state index in [-0.39, 0.29) is 11.8 Å². The largest absolute Gasteiger partial charge is 0.480 e. The van der Waals surface area contributed by atoms with E-state index in [1.807, 2.05) is 0 Å². The number of carboxylic acids is 1. The summed E-state index contributed by atoms with van der Waals surface area (Å²) in [4.78, 5) is 23.0. The zero-order chi connectivity index (χ0) is 11.7. The Hall–Kier alpha value is -1.07. The van der Waals surface area contributed by atoms with Crippen molar-refractivity contribution in [2.75, 3.05) is 0 Å². The molecule has 1 aromatic rings. The zero-order valence-corrected chi connectivity index (χ0v) is 9.85. The summed E-state index contributed by atoms with van der Waals surface area (Å²) in [6.45, 7) is 0. The lowest BCUT2D eigenvalue weighted by Gasteiger charge is -2.12. The molecule has 0 spiro atoms. The minimum atomic E-state index is -0.974. The molecule has 1 aliphatic carbocycles. The van der Waals surface area contributed by atoms with Gasteiger partial charge in [0, 0.05) is 0 Å². The standard InChI is InChI=1S/C10H10ClNO3S/c11-7-4-3-6(16-7)9(13)12-8(10(14)15)5-1-2-5/h3-5,8H,1-2H2,(H,12,13)(H,14,15). The normalized spacial score (nSPS) is 16.8. The fourth-order valence-corrected chi connectivity index (χ4v) is 2.41. The predicted molar refractivity (Wildman–Crippen MR) is 60.9 cm³/mol. The van der Waals surface area contributed by atoms with Crippen LogP contribution in [-0.2, 0) is 4.79 Å². The van der Waals surface area contributed by atoms with E-state index < -0.39 is 12.0 Å². The highest BCUT2D eigenvalue weighted by Gasteiger charge is 2.37. The van der Waals surface area contributed by atoms with Crippen molar-refractivity contribution >= 4 is 34.8 Å². The Morgan fingerprint density at radius 2 is 2.19 bits per heavy atom. The average Bonchev–Trinajstić information content (AvgIpc) is 2.96. The van der Waals surface area contributed by atoms with E-state index in [0.29, 0.717) is 9.21 Å². The molecular weight excluding hydrogens is 250 g/mol. The second-order valence-electron chi connectivity index (χ2n) is 3.73. The lowest BCUT2D eigenvalue weighted by molar-refractivity contribution is -0.139. The molecule has 16 heavy (non-hydrogen) atoms. The molecule has 2 rings (SSSR count). The van der Waals surface area contributed by atoms with Gasteiger partial charge in [0.25, 0.3) is 5.91 Å². The summed E-state index contributed by atoms with van der Waals surface area (Å²) in [5.74, 6) is -1.26. The first-order valence-corrected chi connectivity index (χ1v) is 6.06. The van der Waals surface area contributed by atoms with E-state index >= 15 is 0 Å². The molecule has 1 heterocycles. The lowest BCUT2D eigenvalue weighted by Crippen LogP contribution is -2.42. The molecule has 1 saturated carbocycles. The van der Waals surface area contributed by atoms with E-state index in [0.717, 1.165) is 24.2 Å². The molecule has 0 bridgehead atoms. The highest BCUT2D eigenvalue weighted by atomic mass is 35.5. The van der Waals surface area contributed by atoms with Gasteiger partial charge in [0.1, 0.15) is 6.04 Å². The first-order valence-electron chi connectivity index (χ1n) is 4.87. The Labute approximate surface area is 101 Å². The quantitative estimate of drug-likeness (QED) is 0.869. The van der Waals surface area contributed by atoms with E-state index in [1.165, 1.54) is 0 Å². The van der Waals surface area contributed by atoms with Gasteiger partial charge in [0.15, 0.2) is 0 Å². The van der Waals surface area contributed by atoms with Crippen LogP contribution in [0.2, 0.25) is 4.34 Å². The van der Waals surface area contributed by atoms with Crippen LogP contribution in [-0.4, -0.2) is 23.0 Å². The third kappa shape index (κ3) is 2.54. The highest BCUT2D eigenvalue weighted by Crippen LogP contribution is 2.33. The summed E-state index contributed by atoms with van der Waals surface area (Å²) in [7, 11) is 0. The minimum Gasteiger partial charge on any atom is -0.480 e. The van der Waals surface area contributed by atoms with Crippen LogP contribution in [0.15, 0.2) is 12.1 Å². The first-order chi connectivity index (χ1) is 7.58. The molecule has 86 valence electrons. The molecule has 6 heteroatoms. The van der Waals surface area contributed by atoms with Crippen LogP contribution in [0.4, 0.5) is 0 Å². The van der Waals surface area contributed by atoms with Gasteiger partial charge in [-0.05, 0) is 30.9 Å². The van der Waals surface area contributed by atoms with E-state index in [2.05, 4.69) is 5.32 Å². The number of amides is 1.